The predicted octanol–water partition coefficient (Wildman–Crippen LogP) is 0.807. The van der Waals surface area contributed by atoms with E-state index in [9.17, 15) is 0 Å². The number of hydrogen-bond acceptors (Lipinski definition) is 1. The molecule has 0 aliphatic carbocycles. The monoisotopic (exact) mass is 140 g/mol. The van der Waals surface area contributed by atoms with Gasteiger partial charge >= 0.3 is 23.1 Å². The summed E-state index contributed by atoms with van der Waals surface area (Å²) in [5, 5.41) is 8.98. The highest BCUT2D eigenvalue weighted by atomic mass is 24.3. The molecule has 0 radical (unpaired) electrons. The van der Waals surface area contributed by atoms with Crippen molar-refractivity contribution < 1.29 is 5.11 Å². The minimum absolute atomic E-state index is 0. The van der Waals surface area contributed by atoms with Gasteiger partial charge in [0.25, 0.3) is 0 Å². The molecule has 0 aliphatic rings. The number of hydrogen-bond donors (Lipinski definition) is 1. The Morgan fingerprint density at radius 1 is 1.67 bits per heavy atom. The molecule has 0 rings (SSSR count). The van der Waals surface area contributed by atoms with Crippen LogP contribution in [-0.4, -0.2) is 34.3 Å². The Balaban J connectivity index is 0. The minimum Gasteiger partial charge on any atom is -0.393 e. The van der Waals surface area contributed by atoms with Gasteiger partial charge in [-0.25, -0.2) is 0 Å². The van der Waals surface area contributed by atoms with E-state index in [0.29, 0.717) is 0 Å². The number of aliphatic hydroxyl groups is 1. The molecular formula is C7H16MgO. The molecule has 0 amide bonds. The van der Waals surface area contributed by atoms with Gasteiger partial charge in [0.15, 0.2) is 0 Å². The van der Waals surface area contributed by atoms with Crippen LogP contribution in [0.2, 0.25) is 0 Å². The van der Waals surface area contributed by atoms with Crippen LogP contribution in [0.4, 0.5) is 0 Å². The molecule has 0 saturated carbocycles. The quantitative estimate of drug-likeness (QED) is 0.453. The molecule has 0 spiro atoms. The van der Waals surface area contributed by atoms with Crippen molar-refractivity contribution in [2.24, 2.45) is 0 Å². The largest absolute Gasteiger partial charge is 0.393 e. The summed E-state index contributed by atoms with van der Waals surface area (Å²) in [6, 6.07) is 0. The van der Waals surface area contributed by atoms with Gasteiger partial charge in [-0.15, -0.1) is 6.58 Å². The molecule has 0 aromatic heterocycles. The zero-order chi connectivity index (χ0) is 6.41. The molecule has 1 unspecified atom stereocenters. The lowest BCUT2D eigenvalue weighted by atomic mass is 10.1. The molecule has 1 nitrogen and oxygen atoms in total. The first-order valence-electron chi connectivity index (χ1n) is 3.10. The molecule has 1 atom stereocenters. The average molecular weight is 141 g/mol. The summed E-state index contributed by atoms with van der Waals surface area (Å²) >= 11 is 0. The highest BCUT2D eigenvalue weighted by molar-refractivity contribution is 5.75. The standard InChI is InChI=1S/C7H14O.Mg.2H/c1-3-5-7(8)6-4-2;;;/h3,7-8H,1,4-6H2,2H3;;;. The van der Waals surface area contributed by atoms with Crippen LogP contribution in [0.1, 0.15) is 26.2 Å². The summed E-state index contributed by atoms with van der Waals surface area (Å²) in [5.74, 6) is 0. The highest BCUT2D eigenvalue weighted by Gasteiger charge is 1.96. The zero-order valence-electron chi connectivity index (χ0n) is 5.43. The first kappa shape index (κ1) is 12.2. The summed E-state index contributed by atoms with van der Waals surface area (Å²) in [5.41, 5.74) is 0. The van der Waals surface area contributed by atoms with E-state index in [1.807, 2.05) is 0 Å². The van der Waals surface area contributed by atoms with Gasteiger partial charge in [-0.05, 0) is 12.8 Å². The van der Waals surface area contributed by atoms with Crippen LogP contribution in [0.15, 0.2) is 12.7 Å². The lowest BCUT2D eigenvalue weighted by molar-refractivity contribution is 0.167. The van der Waals surface area contributed by atoms with Gasteiger partial charge in [0, 0.05) is 0 Å². The fraction of sp³-hybridized carbons (Fsp3) is 0.714. The molecule has 0 bridgehead atoms. The van der Waals surface area contributed by atoms with E-state index in [1.54, 1.807) is 6.08 Å². The maximum absolute atomic E-state index is 8.98. The van der Waals surface area contributed by atoms with E-state index in [-0.39, 0.29) is 29.2 Å². The van der Waals surface area contributed by atoms with Gasteiger partial charge in [-0.1, -0.05) is 19.4 Å². The van der Waals surface area contributed by atoms with E-state index in [0.717, 1.165) is 19.3 Å². The summed E-state index contributed by atoms with van der Waals surface area (Å²) in [6.45, 7) is 5.58. The third kappa shape index (κ3) is 8.47. The van der Waals surface area contributed by atoms with Crippen molar-refractivity contribution >= 4 is 23.1 Å². The lowest BCUT2D eigenvalue weighted by Gasteiger charge is -2.02. The second-order valence-electron chi connectivity index (χ2n) is 1.97. The predicted molar refractivity (Wildman–Crippen MR) is 44.3 cm³/mol. The Morgan fingerprint density at radius 3 is 2.56 bits per heavy atom. The first-order chi connectivity index (χ1) is 3.81. The smallest absolute Gasteiger partial charge is 0.316 e. The van der Waals surface area contributed by atoms with Crippen molar-refractivity contribution in [1.82, 2.24) is 0 Å². The molecule has 0 fully saturated rings. The van der Waals surface area contributed by atoms with Crippen molar-refractivity contribution in [2.75, 3.05) is 0 Å². The van der Waals surface area contributed by atoms with Gasteiger partial charge in [0.2, 0.25) is 0 Å². The van der Waals surface area contributed by atoms with Crippen molar-refractivity contribution in [3.63, 3.8) is 0 Å². The van der Waals surface area contributed by atoms with Crippen LogP contribution in [-0.2, 0) is 0 Å². The summed E-state index contributed by atoms with van der Waals surface area (Å²) in [7, 11) is 0. The minimum atomic E-state index is -0.155. The molecular weight excluding hydrogens is 124 g/mol. The van der Waals surface area contributed by atoms with Crippen LogP contribution in [0.25, 0.3) is 0 Å². The van der Waals surface area contributed by atoms with Gasteiger partial charge in [-0.2, -0.15) is 0 Å². The molecule has 0 aromatic rings. The average Bonchev–Trinajstić information content (AvgIpc) is 1.68. The fourth-order valence-corrected chi connectivity index (χ4v) is 0.643. The third-order valence-corrected chi connectivity index (χ3v) is 1.06. The second-order valence-corrected chi connectivity index (χ2v) is 1.97. The van der Waals surface area contributed by atoms with E-state index in [4.69, 9.17) is 5.11 Å². The lowest BCUT2D eigenvalue weighted by Crippen LogP contribution is -2.02. The molecule has 2 heteroatoms. The molecule has 0 aliphatic heterocycles. The van der Waals surface area contributed by atoms with E-state index >= 15 is 0 Å². The van der Waals surface area contributed by atoms with Gasteiger partial charge in [-0.3, -0.25) is 0 Å². The normalized spacial score (nSPS) is 11.8. The Labute approximate surface area is 73.3 Å². The third-order valence-electron chi connectivity index (χ3n) is 1.06. The van der Waals surface area contributed by atoms with E-state index < -0.39 is 0 Å². The van der Waals surface area contributed by atoms with Crippen molar-refractivity contribution in [2.45, 2.75) is 32.3 Å². The van der Waals surface area contributed by atoms with E-state index in [1.165, 1.54) is 0 Å². The Morgan fingerprint density at radius 2 is 2.22 bits per heavy atom. The van der Waals surface area contributed by atoms with Crippen LogP contribution in [0.5, 0.6) is 0 Å². The van der Waals surface area contributed by atoms with Crippen molar-refractivity contribution in [3.05, 3.63) is 12.7 Å². The molecule has 1 N–H and O–H groups in total. The molecule has 0 saturated heterocycles. The molecule has 0 aromatic carbocycles. The topological polar surface area (TPSA) is 20.2 Å². The maximum Gasteiger partial charge on any atom is 0.316 e. The van der Waals surface area contributed by atoms with E-state index in [2.05, 4.69) is 13.5 Å². The summed E-state index contributed by atoms with van der Waals surface area (Å²) < 4.78 is 0. The molecule has 52 valence electrons. The Kier molecular flexibility index (Phi) is 11.4. The second kappa shape index (κ2) is 8.47. The highest BCUT2D eigenvalue weighted by Crippen LogP contribution is 1.99. The first-order valence-corrected chi connectivity index (χ1v) is 3.10. The van der Waals surface area contributed by atoms with Crippen molar-refractivity contribution in [3.8, 4) is 0 Å². The fourth-order valence-electron chi connectivity index (χ4n) is 0.643. The van der Waals surface area contributed by atoms with Crippen LogP contribution >= 0.6 is 0 Å². The van der Waals surface area contributed by atoms with Gasteiger partial charge in [0.05, 0.1) is 6.10 Å². The summed E-state index contributed by atoms with van der Waals surface area (Å²) in [4.78, 5) is 0. The van der Waals surface area contributed by atoms with Crippen molar-refractivity contribution in [1.29, 1.82) is 0 Å². The number of aliphatic hydroxyl groups excluding tert-OH is 1. The zero-order valence-corrected chi connectivity index (χ0v) is 5.43. The van der Waals surface area contributed by atoms with Crippen LogP contribution in [0, 0.1) is 0 Å². The van der Waals surface area contributed by atoms with Gasteiger partial charge in [0.1, 0.15) is 0 Å². The number of rotatable bonds is 4. The molecule has 9 heavy (non-hydrogen) atoms. The Bertz CT molecular complexity index is 63.9. The summed E-state index contributed by atoms with van der Waals surface area (Å²) in [6.07, 6.45) is 4.27. The van der Waals surface area contributed by atoms with Gasteiger partial charge < -0.3 is 5.11 Å². The maximum atomic E-state index is 8.98. The van der Waals surface area contributed by atoms with Crippen LogP contribution in [0.3, 0.4) is 0 Å². The van der Waals surface area contributed by atoms with Crippen LogP contribution < -0.4 is 0 Å². The SMILES string of the molecule is C=CCC(O)CCC.[MgH2]. The molecule has 0 heterocycles. The Hall–Kier alpha value is 0.466.